The molecule has 1 saturated heterocycles. The van der Waals surface area contributed by atoms with Crippen molar-refractivity contribution in [2.24, 2.45) is 5.41 Å². The smallest absolute Gasteiger partial charge is 0.756 e. The molecule has 0 aromatic carbocycles. The van der Waals surface area contributed by atoms with Crippen LogP contribution in [0.1, 0.15) is 101 Å². The predicted octanol–water partition coefficient (Wildman–Crippen LogP) is -2.21. The Labute approximate surface area is 390 Å². The Bertz CT molecular complexity index is 2570. The molecule has 0 saturated carbocycles. The van der Waals surface area contributed by atoms with Crippen LogP contribution in [0.25, 0.3) is 11.2 Å². The Morgan fingerprint density at radius 2 is 1.76 bits per heavy atom. The predicted molar refractivity (Wildman–Crippen MR) is 203 cm³/mol. The molecule has 2 aromatic rings. The number of nitrogens with two attached hydrogens (primary N) is 1. The molecule has 1 aliphatic rings. The Balaban J connectivity index is 0.0000198. The molecule has 0 spiro atoms. The van der Waals surface area contributed by atoms with Gasteiger partial charge in [-0.2, -0.15) is 4.31 Å². The van der Waals surface area contributed by atoms with E-state index in [4.69, 9.17) is 38.3 Å². The number of nitrogens with one attached hydrogen (secondary N) is 2. The number of thioether (sulfide) groups is 1. The minimum absolute atomic E-state index is 0. The summed E-state index contributed by atoms with van der Waals surface area (Å²) in [6.45, 7) is -5.07. The van der Waals surface area contributed by atoms with Crippen molar-refractivity contribution in [3.63, 3.8) is 0 Å². The average Bonchev–Trinajstić information content (AvgIpc) is 3.82. The summed E-state index contributed by atoms with van der Waals surface area (Å²) in [5, 5.41) is 24.1. The number of rotatable bonds is 26. The first-order chi connectivity index (χ1) is 33.5. The van der Waals surface area contributed by atoms with Gasteiger partial charge in [0.2, 0.25) is 11.8 Å². The molecule has 1 aliphatic heterocycles. The third kappa shape index (κ3) is 18.1. The maximum Gasteiger partial charge on any atom is 1.00 e. The number of phosphoric acid groups is 3. The summed E-state index contributed by atoms with van der Waals surface area (Å²) in [4.78, 5) is 91.0. The van der Waals surface area contributed by atoms with E-state index in [2.05, 4.69) is 38.9 Å². The first-order valence-corrected chi connectivity index (χ1v) is 21.5. The van der Waals surface area contributed by atoms with Crippen LogP contribution in [-0.4, -0.2) is 118 Å². The van der Waals surface area contributed by atoms with Gasteiger partial charge in [0, 0.05) is 60.4 Å². The van der Waals surface area contributed by atoms with Crippen molar-refractivity contribution in [2.45, 2.75) is 102 Å². The second-order valence-electron chi connectivity index (χ2n) is 12.1. The minimum atomic E-state index is -5.72. The zero-order chi connectivity index (χ0) is 58.4. The van der Waals surface area contributed by atoms with Gasteiger partial charge in [-0.15, -0.1) is 0 Å². The van der Waals surface area contributed by atoms with Gasteiger partial charge in [0.1, 0.15) is 36.3 Å². The van der Waals surface area contributed by atoms with Crippen molar-refractivity contribution in [3.05, 3.63) is 12.7 Å². The maximum absolute atomic E-state index is 12.9. The van der Waals surface area contributed by atoms with E-state index in [9.17, 15) is 57.9 Å². The van der Waals surface area contributed by atoms with Gasteiger partial charge in [-0.1, -0.05) is 64.3 Å². The normalized spacial score (nSPS) is 28.0. The molecule has 3 unspecified atom stereocenters. The number of nitrogens with zero attached hydrogens (tertiary/aromatic N) is 4. The van der Waals surface area contributed by atoms with Crippen molar-refractivity contribution >= 4 is 69.1 Å². The number of aliphatic hydroxyl groups excluding tert-OH is 2. The van der Waals surface area contributed by atoms with Crippen LogP contribution in [0, 0.1) is 5.41 Å². The molecule has 2 aromatic heterocycles. The summed E-state index contributed by atoms with van der Waals surface area (Å²) < 4.78 is 196. The average molecular weight is 947 g/mol. The molecular formula is C30H51N7NaO17P3S. The number of amides is 2. The Kier molecular flexibility index (Phi) is 13.3. The molecule has 3 rings (SSSR count). The van der Waals surface area contributed by atoms with Crippen molar-refractivity contribution in [1.29, 1.82) is 0 Å². The third-order valence-corrected chi connectivity index (χ3v) is 11.1. The van der Waals surface area contributed by atoms with Crippen LogP contribution in [0.5, 0.6) is 0 Å². The topological polar surface area (TPSA) is 366 Å². The van der Waals surface area contributed by atoms with E-state index in [-0.39, 0.29) is 58.3 Å². The second-order valence-corrected chi connectivity index (χ2v) is 17.3. The summed E-state index contributed by atoms with van der Waals surface area (Å²) in [5.41, 5.74) is 3.89. The number of imidazole rings is 1. The van der Waals surface area contributed by atoms with E-state index in [0.717, 1.165) is 31.1 Å². The van der Waals surface area contributed by atoms with Gasteiger partial charge in [-0.25, -0.2) is 24.1 Å². The molecule has 24 nitrogen and oxygen atoms in total. The largest absolute Gasteiger partial charge is 1.00 e. The number of carbonyl (C=O) groups excluding carboxylic acids is 3. The number of phosphoric ester groups is 3. The third-order valence-electron chi connectivity index (χ3n) is 7.21. The number of hydrogen-bond donors (Lipinski definition) is 8. The monoisotopic (exact) mass is 946 g/mol. The number of nitrogen functional groups attached to an aromatic ring is 1. The first kappa shape index (κ1) is 32.3. The van der Waals surface area contributed by atoms with Crippen LogP contribution in [0.2, 0.25) is 0 Å². The van der Waals surface area contributed by atoms with Crippen molar-refractivity contribution in [1.82, 2.24) is 30.2 Å². The van der Waals surface area contributed by atoms with Gasteiger partial charge < -0.3 is 55.4 Å². The molecule has 59 heavy (non-hydrogen) atoms. The first-order valence-electron chi connectivity index (χ1n) is 24.5. The molecule has 2 amide bonds. The molecule has 29 heteroatoms. The fourth-order valence-electron chi connectivity index (χ4n) is 4.51. The summed E-state index contributed by atoms with van der Waals surface area (Å²) in [6.07, 6.45) is -38.9. The van der Waals surface area contributed by atoms with Gasteiger partial charge in [-0.3, -0.25) is 32.6 Å². The summed E-state index contributed by atoms with van der Waals surface area (Å²) >= 11 is -0.0568. The van der Waals surface area contributed by atoms with E-state index in [0.29, 0.717) is 0 Å². The molecule has 3 heterocycles. The number of carbonyl (C=O) groups is 3. The number of anilines is 1. The minimum Gasteiger partial charge on any atom is -0.756 e. The van der Waals surface area contributed by atoms with Crippen LogP contribution in [0.15, 0.2) is 12.7 Å². The number of ether oxygens (including phenoxy) is 1. The fourth-order valence-corrected chi connectivity index (χ4v) is 7.84. The standard InChI is InChI=1S/C30H52N7O17P3S.Na/c1-4-5-6-7-8-9-10-21(39)58-14-13-32-20(38)11-12-33-28(42)25(41)30(2,3)16-51-57(48,49)54-56(46,47)50-15-19-24(53-55(43,44)45)23(40)29(52-19)37-18-36-22-26(31)34-17-35-27(22)37;/h17-19,23-25,29,40-41H,4-16H2,1-3H3,(H,32,38)(H,33,42)(H,46,47)(H,48,49)(H2,31,34,35)(H2,43,44,45);/q;+1/p-1/t19-,23-,24-,25+,29-;/m1./s1/i1D3,4D2,5D2,6D2,7D2,8D2,9D2,10D2;. The van der Waals surface area contributed by atoms with Crippen molar-refractivity contribution in [3.8, 4) is 0 Å². The van der Waals surface area contributed by atoms with E-state index < -0.39 is 166 Å². The van der Waals surface area contributed by atoms with Gasteiger partial charge in [0.05, 0.1) is 19.5 Å². The molecule has 330 valence electrons. The van der Waals surface area contributed by atoms with Gasteiger partial charge >= 0.3 is 45.2 Å². The van der Waals surface area contributed by atoms with Crippen LogP contribution < -0.4 is 50.8 Å². The van der Waals surface area contributed by atoms with Crippen LogP contribution in [0.3, 0.4) is 0 Å². The number of hydrogen-bond acceptors (Lipinski definition) is 19. The molecule has 1 fully saturated rings. The second kappa shape index (κ2) is 24.4. The van der Waals surface area contributed by atoms with Gasteiger partial charge in [-0.05, 0) is 6.37 Å². The quantitative estimate of drug-likeness (QED) is 0.0281. The number of aromatic nitrogens is 4. The summed E-state index contributed by atoms with van der Waals surface area (Å²) in [7, 11) is -17.0. The Morgan fingerprint density at radius 3 is 2.46 bits per heavy atom. The molecule has 8 atom stereocenters. The van der Waals surface area contributed by atoms with Crippen LogP contribution in [-0.2, 0) is 50.7 Å². The van der Waals surface area contributed by atoms with E-state index in [1.165, 1.54) is 0 Å². The van der Waals surface area contributed by atoms with Crippen molar-refractivity contribution in [2.75, 3.05) is 37.8 Å². The van der Waals surface area contributed by atoms with Gasteiger partial charge in [0.15, 0.2) is 22.8 Å². The maximum atomic E-state index is 12.9. The molecule has 0 aliphatic carbocycles. The molecule has 0 radical (unpaired) electrons. The van der Waals surface area contributed by atoms with Crippen LogP contribution in [0.4, 0.5) is 5.82 Å². The van der Waals surface area contributed by atoms with Crippen molar-refractivity contribution < 1.29 is 133 Å². The summed E-state index contributed by atoms with van der Waals surface area (Å²) in [5.74, 6) is -2.75. The van der Waals surface area contributed by atoms with E-state index >= 15 is 0 Å². The van der Waals surface area contributed by atoms with E-state index in [1.54, 1.807) is 0 Å². The number of aliphatic hydroxyl groups is 2. The Morgan fingerprint density at radius 1 is 1.08 bits per heavy atom. The molecular weight excluding hydrogens is 878 g/mol. The Hall–Kier alpha value is -1.44. The SMILES string of the molecule is [2H]C([2H])([2H])C([2H])([2H])C([2H])([2H])C([2H])([2H])C([2H])([2H])C([2H])([2H])C([2H])([2H])C([2H])([2H])C(=O)SCCNC(=O)CCNC(=O)[C@H](O)C(C)(C)COP(=O)(O)OP(=O)(O)OC[C@H]1O[C@@H](n2cnc3c(N)ncnc32)[C@H](O)[C@@H]1OP(=O)([O-])O.[Na+]. The zero-order valence-electron chi connectivity index (χ0n) is 48.0. The van der Waals surface area contributed by atoms with Gasteiger partial charge in [0.25, 0.3) is 7.82 Å². The zero-order valence-corrected chi connectivity index (χ0v) is 36.5. The van der Waals surface area contributed by atoms with E-state index in [1.807, 2.05) is 0 Å². The summed E-state index contributed by atoms with van der Waals surface area (Å²) in [6, 6.07) is 0. The fraction of sp³-hybridized carbons (Fsp3) is 0.733. The molecule has 0 bridgehead atoms. The number of fused-ring (bicyclic) bond motifs is 1. The van der Waals surface area contributed by atoms with Crippen LogP contribution >= 0.6 is 35.2 Å². The molecule has 9 N–H and O–H groups in total.